The third-order valence-electron chi connectivity index (χ3n) is 4.12. The van der Waals surface area contributed by atoms with Crippen molar-refractivity contribution in [1.29, 1.82) is 0 Å². The largest absolute Gasteiger partial charge is 0.489 e. The Labute approximate surface area is 143 Å². The number of likely N-dealkylation sites (tertiary alicyclic amines) is 1. The van der Waals surface area contributed by atoms with E-state index in [4.69, 9.17) is 16.3 Å². The number of nitrogens with zero attached hydrogens (tertiary/aromatic N) is 1. The van der Waals surface area contributed by atoms with Gasteiger partial charge in [0, 0.05) is 31.2 Å². The molecule has 2 aromatic rings. The lowest BCUT2D eigenvalue weighted by Crippen LogP contribution is -2.48. The highest BCUT2D eigenvalue weighted by atomic mass is 35.5. The van der Waals surface area contributed by atoms with Crippen LogP contribution in [0.2, 0.25) is 5.02 Å². The molecular formula is C19H23ClN2O. The number of ether oxygens (including phenoxy) is 1. The Morgan fingerprint density at radius 1 is 1.13 bits per heavy atom. The molecule has 23 heavy (non-hydrogen) atoms. The first-order valence-corrected chi connectivity index (χ1v) is 8.42. The molecule has 1 fully saturated rings. The van der Waals surface area contributed by atoms with E-state index in [9.17, 15) is 0 Å². The summed E-state index contributed by atoms with van der Waals surface area (Å²) in [7, 11) is 2.16. The van der Waals surface area contributed by atoms with Gasteiger partial charge in [-0.1, -0.05) is 35.9 Å². The van der Waals surface area contributed by atoms with Crippen molar-refractivity contribution in [3.8, 4) is 5.75 Å². The molecule has 0 atom stereocenters. The zero-order valence-corrected chi connectivity index (χ0v) is 14.2. The maximum atomic E-state index is 5.89. The van der Waals surface area contributed by atoms with Crippen molar-refractivity contribution in [1.82, 2.24) is 10.2 Å². The van der Waals surface area contributed by atoms with Crippen molar-refractivity contribution in [2.45, 2.75) is 13.2 Å². The van der Waals surface area contributed by atoms with Gasteiger partial charge in [0.15, 0.2) is 0 Å². The van der Waals surface area contributed by atoms with E-state index in [0.717, 1.165) is 35.3 Å². The van der Waals surface area contributed by atoms with Crippen molar-refractivity contribution in [2.24, 2.45) is 5.92 Å². The van der Waals surface area contributed by atoms with Gasteiger partial charge in [-0.25, -0.2) is 0 Å². The van der Waals surface area contributed by atoms with Crippen molar-refractivity contribution in [3.05, 3.63) is 64.7 Å². The molecule has 1 N–H and O–H groups in total. The molecule has 0 aromatic heterocycles. The van der Waals surface area contributed by atoms with E-state index in [-0.39, 0.29) is 0 Å². The Morgan fingerprint density at radius 3 is 2.65 bits per heavy atom. The predicted octanol–water partition coefficient (Wildman–Crippen LogP) is 3.57. The normalized spacial score (nSPS) is 15.4. The molecule has 1 saturated heterocycles. The standard InChI is InChI=1S/C19H23ClN2O/c1-22-12-17(13-22)11-21-10-16-3-2-4-19(9-16)23-14-15-5-7-18(20)8-6-15/h2-9,17,21H,10-14H2,1H3. The molecule has 122 valence electrons. The molecule has 0 unspecified atom stereocenters. The summed E-state index contributed by atoms with van der Waals surface area (Å²) in [5, 5.41) is 4.28. The van der Waals surface area contributed by atoms with Crippen LogP contribution in [-0.2, 0) is 13.2 Å². The van der Waals surface area contributed by atoms with Crippen LogP contribution in [0.3, 0.4) is 0 Å². The smallest absolute Gasteiger partial charge is 0.120 e. The zero-order chi connectivity index (χ0) is 16.1. The third-order valence-corrected chi connectivity index (χ3v) is 4.37. The second kappa shape index (κ2) is 7.82. The fraction of sp³-hybridized carbons (Fsp3) is 0.368. The SMILES string of the molecule is CN1CC(CNCc2cccc(OCc3ccc(Cl)cc3)c2)C1. The second-order valence-electron chi connectivity index (χ2n) is 6.28. The Balaban J connectivity index is 1.45. The Bertz CT molecular complexity index is 624. The van der Waals surface area contributed by atoms with Gasteiger partial charge in [-0.15, -0.1) is 0 Å². The van der Waals surface area contributed by atoms with Crippen LogP contribution in [0.1, 0.15) is 11.1 Å². The Hall–Kier alpha value is -1.55. The number of hydrogen-bond donors (Lipinski definition) is 1. The fourth-order valence-corrected chi connectivity index (χ4v) is 3.00. The minimum absolute atomic E-state index is 0.558. The lowest BCUT2D eigenvalue weighted by atomic mass is 10.0. The average molecular weight is 331 g/mol. The third kappa shape index (κ3) is 4.96. The van der Waals surface area contributed by atoms with Crippen LogP contribution in [-0.4, -0.2) is 31.6 Å². The number of rotatable bonds is 7. The summed E-state index contributed by atoms with van der Waals surface area (Å²) >= 11 is 5.89. The summed E-state index contributed by atoms with van der Waals surface area (Å²) in [5.41, 5.74) is 2.37. The van der Waals surface area contributed by atoms with Gasteiger partial charge >= 0.3 is 0 Å². The van der Waals surface area contributed by atoms with Crippen LogP contribution in [0.15, 0.2) is 48.5 Å². The number of benzene rings is 2. The van der Waals surface area contributed by atoms with Crippen LogP contribution in [0.4, 0.5) is 0 Å². The Morgan fingerprint density at radius 2 is 1.91 bits per heavy atom. The van der Waals surface area contributed by atoms with E-state index in [0.29, 0.717) is 6.61 Å². The molecule has 3 nitrogen and oxygen atoms in total. The maximum absolute atomic E-state index is 5.89. The maximum Gasteiger partial charge on any atom is 0.120 e. The summed E-state index contributed by atoms with van der Waals surface area (Å²) in [4.78, 5) is 2.34. The minimum Gasteiger partial charge on any atom is -0.489 e. The zero-order valence-electron chi connectivity index (χ0n) is 13.5. The van der Waals surface area contributed by atoms with Gasteiger partial charge < -0.3 is 15.0 Å². The first-order chi connectivity index (χ1) is 11.2. The molecule has 3 rings (SSSR count). The van der Waals surface area contributed by atoms with E-state index in [1.54, 1.807) is 0 Å². The highest BCUT2D eigenvalue weighted by molar-refractivity contribution is 6.30. The average Bonchev–Trinajstić information content (AvgIpc) is 2.53. The topological polar surface area (TPSA) is 24.5 Å². The van der Waals surface area contributed by atoms with Crippen LogP contribution in [0.5, 0.6) is 5.75 Å². The van der Waals surface area contributed by atoms with Crippen LogP contribution in [0, 0.1) is 5.92 Å². The minimum atomic E-state index is 0.558. The van der Waals surface area contributed by atoms with Gasteiger partial charge in [0.1, 0.15) is 12.4 Å². The summed E-state index contributed by atoms with van der Waals surface area (Å²) < 4.78 is 5.87. The van der Waals surface area contributed by atoms with Crippen LogP contribution >= 0.6 is 11.6 Å². The van der Waals surface area contributed by atoms with Gasteiger partial charge in [-0.3, -0.25) is 0 Å². The molecule has 1 aliphatic rings. The molecule has 4 heteroatoms. The molecule has 2 aromatic carbocycles. The molecule has 0 spiro atoms. The Kier molecular flexibility index (Phi) is 5.55. The molecule has 0 amide bonds. The highest BCUT2D eigenvalue weighted by Crippen LogP contribution is 2.17. The van der Waals surface area contributed by atoms with Crippen LogP contribution < -0.4 is 10.1 Å². The van der Waals surface area contributed by atoms with Crippen molar-refractivity contribution < 1.29 is 4.74 Å². The quantitative estimate of drug-likeness (QED) is 0.840. The predicted molar refractivity (Wildman–Crippen MR) is 94.9 cm³/mol. The number of hydrogen-bond acceptors (Lipinski definition) is 3. The fourth-order valence-electron chi connectivity index (χ4n) is 2.87. The summed E-state index contributed by atoms with van der Waals surface area (Å²) in [6.45, 7) is 4.94. The lowest BCUT2D eigenvalue weighted by Gasteiger charge is -2.36. The van der Waals surface area contributed by atoms with Gasteiger partial charge in [-0.05, 0) is 48.4 Å². The first-order valence-electron chi connectivity index (χ1n) is 8.04. The highest BCUT2D eigenvalue weighted by Gasteiger charge is 2.22. The second-order valence-corrected chi connectivity index (χ2v) is 6.72. The van der Waals surface area contributed by atoms with Gasteiger partial charge in [0.05, 0.1) is 0 Å². The summed E-state index contributed by atoms with van der Waals surface area (Å²) in [6.07, 6.45) is 0. The molecular weight excluding hydrogens is 308 g/mol. The summed E-state index contributed by atoms with van der Waals surface area (Å²) in [6, 6.07) is 16.0. The molecule has 0 aliphatic carbocycles. The number of halogens is 1. The van der Waals surface area contributed by atoms with Gasteiger partial charge in [-0.2, -0.15) is 0 Å². The van der Waals surface area contributed by atoms with Gasteiger partial charge in [0.2, 0.25) is 0 Å². The first kappa shape index (κ1) is 16.3. The monoisotopic (exact) mass is 330 g/mol. The summed E-state index contributed by atoms with van der Waals surface area (Å²) in [5.74, 6) is 1.70. The molecule has 1 heterocycles. The number of nitrogens with one attached hydrogen (secondary N) is 1. The van der Waals surface area contributed by atoms with Gasteiger partial charge in [0.25, 0.3) is 0 Å². The van der Waals surface area contributed by atoms with E-state index in [1.807, 2.05) is 36.4 Å². The molecule has 1 aliphatic heterocycles. The lowest BCUT2D eigenvalue weighted by molar-refractivity contribution is 0.132. The molecule has 0 saturated carbocycles. The van der Waals surface area contributed by atoms with Crippen molar-refractivity contribution in [2.75, 3.05) is 26.7 Å². The molecule has 0 radical (unpaired) electrons. The van der Waals surface area contributed by atoms with Crippen molar-refractivity contribution in [3.63, 3.8) is 0 Å². The van der Waals surface area contributed by atoms with E-state index < -0.39 is 0 Å². The van der Waals surface area contributed by atoms with Crippen molar-refractivity contribution >= 4 is 11.6 Å². The van der Waals surface area contributed by atoms with E-state index in [2.05, 4.69) is 29.4 Å². The van der Waals surface area contributed by atoms with Crippen LogP contribution in [0.25, 0.3) is 0 Å². The van der Waals surface area contributed by atoms with E-state index in [1.165, 1.54) is 18.7 Å². The molecule has 0 bridgehead atoms. The van der Waals surface area contributed by atoms with E-state index >= 15 is 0 Å².